The molecule has 4 heterocycles. The fraction of sp³-hybridized carbons (Fsp3) is 0.667. The van der Waals surface area contributed by atoms with E-state index in [-0.39, 0.29) is 17.7 Å². The first-order valence-electron chi connectivity index (χ1n) is 12.3. The Morgan fingerprint density at radius 3 is 2.85 bits per heavy atom. The van der Waals surface area contributed by atoms with Gasteiger partial charge >= 0.3 is 0 Å². The SMILES string of the molecule is CCN1CCCC1CNC(=O)c1nn(CCOC)c2c1CN(C(=O)c1cc(C(C)C)on1)CC2. The van der Waals surface area contributed by atoms with Gasteiger partial charge in [-0.2, -0.15) is 5.10 Å². The molecule has 0 aliphatic carbocycles. The molecule has 1 saturated heterocycles. The van der Waals surface area contributed by atoms with Gasteiger partial charge in [-0.25, -0.2) is 0 Å². The van der Waals surface area contributed by atoms with E-state index in [0.29, 0.717) is 62.4 Å². The number of fused-ring (bicyclic) bond motifs is 1. The van der Waals surface area contributed by atoms with E-state index in [1.807, 2.05) is 18.5 Å². The summed E-state index contributed by atoms with van der Waals surface area (Å²) in [4.78, 5) is 30.5. The minimum atomic E-state index is -0.193. The van der Waals surface area contributed by atoms with E-state index in [9.17, 15) is 9.59 Å². The van der Waals surface area contributed by atoms with Gasteiger partial charge in [-0.05, 0) is 25.9 Å². The standard InChI is InChI=1S/C24H36N6O4/c1-5-28-9-6-7-17(28)14-25-23(31)22-18-15-29(10-8-20(18)30(26-22)11-12-33-4)24(32)19-13-21(16(2)3)34-27-19/h13,16-17H,5-12,14-15H2,1-4H3,(H,25,31). The smallest absolute Gasteiger partial charge is 0.276 e. The third-order valence-corrected chi connectivity index (χ3v) is 6.86. The van der Waals surface area contributed by atoms with Gasteiger partial charge in [0.2, 0.25) is 0 Å². The zero-order chi connectivity index (χ0) is 24.2. The molecule has 10 heteroatoms. The number of hydrogen-bond donors (Lipinski definition) is 1. The van der Waals surface area contributed by atoms with Gasteiger partial charge in [0.25, 0.3) is 11.8 Å². The predicted molar refractivity (Wildman–Crippen MR) is 126 cm³/mol. The number of carbonyl (C=O) groups is 2. The first-order valence-corrected chi connectivity index (χ1v) is 12.3. The van der Waals surface area contributed by atoms with E-state index in [1.54, 1.807) is 18.1 Å². The Kier molecular flexibility index (Phi) is 7.67. The molecule has 1 N–H and O–H groups in total. The average Bonchev–Trinajstić information content (AvgIpc) is 3.58. The largest absolute Gasteiger partial charge is 0.383 e. The van der Waals surface area contributed by atoms with Crippen LogP contribution in [0.5, 0.6) is 0 Å². The Bertz CT molecular complexity index is 1010. The number of rotatable bonds is 9. The molecule has 0 aromatic carbocycles. The summed E-state index contributed by atoms with van der Waals surface area (Å²) < 4.78 is 12.4. The molecule has 186 valence electrons. The van der Waals surface area contributed by atoms with Crippen molar-refractivity contribution >= 4 is 11.8 Å². The third kappa shape index (κ3) is 5.02. The number of likely N-dealkylation sites (tertiary alicyclic amines) is 1. The van der Waals surface area contributed by atoms with Crippen LogP contribution in [-0.4, -0.2) is 82.5 Å². The van der Waals surface area contributed by atoms with Gasteiger partial charge in [-0.3, -0.25) is 19.2 Å². The molecule has 1 unspecified atom stereocenters. The molecule has 0 spiro atoms. The van der Waals surface area contributed by atoms with Crippen molar-refractivity contribution in [1.29, 1.82) is 0 Å². The maximum atomic E-state index is 13.2. The molecule has 2 amide bonds. The highest BCUT2D eigenvalue weighted by atomic mass is 16.5. The van der Waals surface area contributed by atoms with Gasteiger partial charge in [0.15, 0.2) is 11.4 Å². The molecule has 0 radical (unpaired) electrons. The molecule has 0 bridgehead atoms. The number of nitrogens with one attached hydrogen (secondary N) is 1. The lowest BCUT2D eigenvalue weighted by Crippen LogP contribution is -2.41. The van der Waals surface area contributed by atoms with Gasteiger partial charge in [0.05, 0.1) is 19.7 Å². The Balaban J connectivity index is 1.52. The maximum Gasteiger partial charge on any atom is 0.276 e. The van der Waals surface area contributed by atoms with Crippen molar-refractivity contribution in [2.45, 2.75) is 65.1 Å². The lowest BCUT2D eigenvalue weighted by atomic mass is 10.0. The van der Waals surface area contributed by atoms with Crippen LogP contribution in [0.3, 0.4) is 0 Å². The van der Waals surface area contributed by atoms with E-state index >= 15 is 0 Å². The van der Waals surface area contributed by atoms with Crippen LogP contribution in [0, 0.1) is 0 Å². The predicted octanol–water partition coefficient (Wildman–Crippen LogP) is 2.05. The highest BCUT2D eigenvalue weighted by Gasteiger charge is 2.32. The van der Waals surface area contributed by atoms with Crippen molar-refractivity contribution in [3.05, 3.63) is 34.5 Å². The fourth-order valence-electron chi connectivity index (χ4n) is 4.87. The van der Waals surface area contributed by atoms with Gasteiger partial charge in [0.1, 0.15) is 5.76 Å². The second kappa shape index (κ2) is 10.7. The van der Waals surface area contributed by atoms with Crippen molar-refractivity contribution in [3.63, 3.8) is 0 Å². The molecule has 0 saturated carbocycles. The fourth-order valence-corrected chi connectivity index (χ4v) is 4.87. The van der Waals surface area contributed by atoms with E-state index < -0.39 is 0 Å². The molecule has 2 aliphatic rings. The quantitative estimate of drug-likeness (QED) is 0.595. The van der Waals surface area contributed by atoms with Crippen LogP contribution in [-0.2, 0) is 24.2 Å². The number of aromatic nitrogens is 3. The van der Waals surface area contributed by atoms with Crippen LogP contribution in [0.2, 0.25) is 0 Å². The van der Waals surface area contributed by atoms with Gasteiger partial charge in [0, 0.05) is 55.9 Å². The molecule has 1 fully saturated rings. The molecule has 2 aromatic rings. The number of amides is 2. The summed E-state index contributed by atoms with van der Waals surface area (Å²) in [5, 5.41) is 11.7. The van der Waals surface area contributed by atoms with Crippen LogP contribution >= 0.6 is 0 Å². The molecule has 4 rings (SSSR count). The zero-order valence-corrected chi connectivity index (χ0v) is 20.7. The van der Waals surface area contributed by atoms with E-state index in [0.717, 1.165) is 37.2 Å². The second-order valence-corrected chi connectivity index (χ2v) is 9.37. The number of carbonyl (C=O) groups excluding carboxylic acids is 2. The van der Waals surface area contributed by atoms with Crippen molar-refractivity contribution in [2.24, 2.45) is 0 Å². The molecule has 2 aliphatic heterocycles. The van der Waals surface area contributed by atoms with E-state index in [4.69, 9.17) is 9.26 Å². The van der Waals surface area contributed by atoms with Gasteiger partial charge in [-0.1, -0.05) is 25.9 Å². The molecule has 2 aromatic heterocycles. The number of hydrogen-bond acceptors (Lipinski definition) is 7. The van der Waals surface area contributed by atoms with Crippen LogP contribution < -0.4 is 5.32 Å². The minimum absolute atomic E-state index is 0.153. The van der Waals surface area contributed by atoms with E-state index in [2.05, 4.69) is 27.4 Å². The van der Waals surface area contributed by atoms with Crippen molar-refractivity contribution in [2.75, 3.05) is 39.9 Å². The van der Waals surface area contributed by atoms with Crippen LogP contribution in [0.25, 0.3) is 0 Å². The summed E-state index contributed by atoms with van der Waals surface area (Å²) in [6.45, 7) is 10.7. The first-order chi connectivity index (χ1) is 16.4. The summed E-state index contributed by atoms with van der Waals surface area (Å²) in [5.74, 6) is 0.455. The molecular weight excluding hydrogens is 436 g/mol. The number of nitrogens with zero attached hydrogens (tertiary/aromatic N) is 5. The summed E-state index contributed by atoms with van der Waals surface area (Å²) in [7, 11) is 1.65. The second-order valence-electron chi connectivity index (χ2n) is 9.37. The van der Waals surface area contributed by atoms with E-state index in [1.165, 1.54) is 0 Å². The lowest BCUT2D eigenvalue weighted by molar-refractivity contribution is 0.0719. The normalized spacial score (nSPS) is 18.5. The minimum Gasteiger partial charge on any atom is -0.383 e. The summed E-state index contributed by atoms with van der Waals surface area (Å²) in [6.07, 6.45) is 2.87. The maximum absolute atomic E-state index is 13.2. The van der Waals surface area contributed by atoms with Crippen molar-refractivity contribution in [3.8, 4) is 0 Å². The average molecular weight is 473 g/mol. The number of ether oxygens (including phenoxy) is 1. The molecule has 10 nitrogen and oxygen atoms in total. The number of methoxy groups -OCH3 is 1. The van der Waals surface area contributed by atoms with Crippen molar-refractivity contribution in [1.82, 2.24) is 30.1 Å². The van der Waals surface area contributed by atoms with Crippen LogP contribution in [0.15, 0.2) is 10.6 Å². The summed E-state index contributed by atoms with van der Waals surface area (Å²) in [5.41, 5.74) is 2.49. The Morgan fingerprint density at radius 2 is 2.15 bits per heavy atom. The highest BCUT2D eigenvalue weighted by Crippen LogP contribution is 2.25. The molecule has 1 atom stereocenters. The topological polar surface area (TPSA) is 106 Å². The number of likely N-dealkylation sites (N-methyl/N-ethyl adjacent to an activating group) is 1. The lowest BCUT2D eigenvalue weighted by Gasteiger charge is -2.27. The highest BCUT2D eigenvalue weighted by molar-refractivity contribution is 5.95. The van der Waals surface area contributed by atoms with Crippen LogP contribution in [0.4, 0.5) is 0 Å². The molecular formula is C24H36N6O4. The first kappa shape index (κ1) is 24.4. The monoisotopic (exact) mass is 472 g/mol. The van der Waals surface area contributed by atoms with Gasteiger partial charge in [-0.15, -0.1) is 0 Å². The summed E-state index contributed by atoms with van der Waals surface area (Å²) in [6, 6.07) is 2.07. The van der Waals surface area contributed by atoms with Crippen LogP contribution in [0.1, 0.15) is 77.5 Å². The van der Waals surface area contributed by atoms with Gasteiger partial charge < -0.3 is 19.5 Å². The molecule has 34 heavy (non-hydrogen) atoms. The summed E-state index contributed by atoms with van der Waals surface area (Å²) >= 11 is 0. The Morgan fingerprint density at radius 1 is 1.32 bits per heavy atom. The Hall–Kier alpha value is -2.72. The van der Waals surface area contributed by atoms with Crippen molar-refractivity contribution < 1.29 is 18.8 Å². The Labute approximate surface area is 200 Å². The zero-order valence-electron chi connectivity index (χ0n) is 20.7. The third-order valence-electron chi connectivity index (χ3n) is 6.86.